The standard InChI is InChI=1S/C26H26FN3O4/c1-4-26(33)19-10-22-23-17(12-30(22)24(31)18(19)13-34-25(26)32)15(7-5-6-8-28-3)16-9-14(2)20(27)11-21(16)29-23/h5,7,9-11,28,33H,4,6,8,12-13H2,1-3H3/b7-5+/t26-/m0/s1. The first-order valence-corrected chi connectivity index (χ1v) is 11.4. The van der Waals surface area contributed by atoms with Gasteiger partial charge in [0.15, 0.2) is 5.60 Å². The van der Waals surface area contributed by atoms with Crippen LogP contribution in [0, 0.1) is 12.7 Å². The summed E-state index contributed by atoms with van der Waals surface area (Å²) in [7, 11) is 1.89. The Morgan fingerprint density at radius 1 is 1.29 bits per heavy atom. The van der Waals surface area contributed by atoms with Crippen molar-refractivity contribution in [2.24, 2.45) is 0 Å². The molecule has 8 heteroatoms. The molecule has 2 aliphatic rings. The van der Waals surface area contributed by atoms with Crippen LogP contribution >= 0.6 is 0 Å². The zero-order valence-corrected chi connectivity index (χ0v) is 19.4. The number of fused-ring (bicyclic) bond motifs is 5. The van der Waals surface area contributed by atoms with Crippen molar-refractivity contribution in [1.29, 1.82) is 0 Å². The predicted molar refractivity (Wildman–Crippen MR) is 127 cm³/mol. The number of esters is 1. The molecule has 1 aromatic carbocycles. The van der Waals surface area contributed by atoms with Gasteiger partial charge in [0, 0.05) is 22.6 Å². The number of cyclic esters (lactones) is 1. The number of aromatic nitrogens is 2. The third-order valence-corrected chi connectivity index (χ3v) is 6.86. The minimum Gasteiger partial charge on any atom is -0.458 e. The zero-order chi connectivity index (χ0) is 24.2. The Morgan fingerprint density at radius 2 is 2.09 bits per heavy atom. The van der Waals surface area contributed by atoms with Gasteiger partial charge in [-0.1, -0.05) is 19.1 Å². The van der Waals surface area contributed by atoms with Crippen LogP contribution in [0.2, 0.25) is 0 Å². The SMILES string of the molecule is CC[C@@]1(O)C(=O)OCc2c1cc1n(c2=O)Cc2c-1nc1cc(F)c(C)cc1c2/C=C/CCNC. The van der Waals surface area contributed by atoms with Gasteiger partial charge in [-0.2, -0.15) is 0 Å². The molecule has 0 spiro atoms. The number of hydrogen-bond donors (Lipinski definition) is 2. The van der Waals surface area contributed by atoms with Gasteiger partial charge in [-0.05, 0) is 56.6 Å². The fourth-order valence-electron chi connectivity index (χ4n) is 4.86. The van der Waals surface area contributed by atoms with E-state index in [2.05, 4.69) is 5.32 Å². The number of halogens is 1. The van der Waals surface area contributed by atoms with Crippen molar-refractivity contribution >= 4 is 22.9 Å². The van der Waals surface area contributed by atoms with E-state index >= 15 is 0 Å². The number of rotatable bonds is 5. The average Bonchev–Trinajstić information content (AvgIpc) is 3.19. The molecule has 0 aliphatic carbocycles. The second kappa shape index (κ2) is 8.14. The topological polar surface area (TPSA) is 93.5 Å². The monoisotopic (exact) mass is 463 g/mol. The van der Waals surface area contributed by atoms with E-state index in [1.807, 2.05) is 19.2 Å². The van der Waals surface area contributed by atoms with E-state index in [4.69, 9.17) is 9.72 Å². The number of aryl methyl sites for hydroxylation is 1. The zero-order valence-electron chi connectivity index (χ0n) is 19.4. The summed E-state index contributed by atoms with van der Waals surface area (Å²) in [5, 5.41) is 15.0. The predicted octanol–water partition coefficient (Wildman–Crippen LogP) is 3.15. The molecule has 0 unspecified atom stereocenters. The molecule has 176 valence electrons. The lowest BCUT2D eigenvalue weighted by Gasteiger charge is -2.31. The van der Waals surface area contributed by atoms with E-state index < -0.39 is 11.6 Å². The summed E-state index contributed by atoms with van der Waals surface area (Å²) in [6, 6.07) is 4.87. The average molecular weight is 464 g/mol. The Labute approximate surface area is 195 Å². The summed E-state index contributed by atoms with van der Waals surface area (Å²) in [4.78, 5) is 30.6. The highest BCUT2D eigenvalue weighted by molar-refractivity contribution is 5.94. The van der Waals surface area contributed by atoms with E-state index in [1.165, 1.54) is 6.07 Å². The van der Waals surface area contributed by atoms with Crippen LogP contribution in [0.25, 0.3) is 28.4 Å². The number of hydrogen-bond acceptors (Lipinski definition) is 6. The molecule has 0 saturated heterocycles. The molecular formula is C26H26FN3O4. The number of nitrogens with zero attached hydrogens (tertiary/aromatic N) is 2. The number of aliphatic hydroxyl groups is 1. The Balaban J connectivity index is 1.78. The molecule has 3 aromatic rings. The van der Waals surface area contributed by atoms with Crippen molar-refractivity contribution in [2.75, 3.05) is 13.6 Å². The van der Waals surface area contributed by atoms with Gasteiger partial charge < -0.3 is 19.7 Å². The number of carbonyl (C=O) groups is 1. The van der Waals surface area contributed by atoms with E-state index in [0.717, 1.165) is 29.5 Å². The maximum Gasteiger partial charge on any atom is 0.343 e. The van der Waals surface area contributed by atoms with Crippen molar-refractivity contribution in [1.82, 2.24) is 14.9 Å². The molecule has 4 heterocycles. The highest BCUT2D eigenvalue weighted by Crippen LogP contribution is 2.40. The maximum atomic E-state index is 14.5. The van der Waals surface area contributed by atoms with Crippen molar-refractivity contribution in [3.63, 3.8) is 0 Å². The summed E-state index contributed by atoms with van der Waals surface area (Å²) < 4.78 is 21.2. The highest BCUT2D eigenvalue weighted by Gasteiger charge is 2.45. The molecule has 2 aliphatic heterocycles. The Bertz CT molecular complexity index is 1440. The maximum absolute atomic E-state index is 14.5. The van der Waals surface area contributed by atoms with Crippen LogP contribution in [0.3, 0.4) is 0 Å². The molecule has 5 rings (SSSR count). The fourth-order valence-corrected chi connectivity index (χ4v) is 4.86. The molecule has 0 saturated carbocycles. The van der Waals surface area contributed by atoms with E-state index in [0.29, 0.717) is 29.0 Å². The largest absolute Gasteiger partial charge is 0.458 e. The molecule has 0 fully saturated rings. The summed E-state index contributed by atoms with van der Waals surface area (Å²) in [5.74, 6) is -1.11. The van der Waals surface area contributed by atoms with Crippen LogP contribution in [0.4, 0.5) is 4.39 Å². The van der Waals surface area contributed by atoms with Gasteiger partial charge in [-0.15, -0.1) is 0 Å². The first kappa shape index (κ1) is 22.4. The summed E-state index contributed by atoms with van der Waals surface area (Å²) in [6.45, 7) is 4.31. The summed E-state index contributed by atoms with van der Waals surface area (Å²) in [5.41, 5.74) is 2.14. The van der Waals surface area contributed by atoms with Crippen molar-refractivity contribution in [2.45, 2.75) is 45.4 Å². The quantitative estimate of drug-likeness (QED) is 0.349. The molecule has 0 amide bonds. The van der Waals surface area contributed by atoms with E-state index in [9.17, 15) is 19.1 Å². The molecule has 0 bridgehead atoms. The van der Waals surface area contributed by atoms with Crippen molar-refractivity contribution in [3.05, 3.63) is 68.3 Å². The molecule has 7 nitrogen and oxygen atoms in total. The normalized spacial score (nSPS) is 18.8. The van der Waals surface area contributed by atoms with Crippen LogP contribution in [-0.4, -0.2) is 34.2 Å². The van der Waals surface area contributed by atoms with Gasteiger partial charge in [-0.25, -0.2) is 14.2 Å². The van der Waals surface area contributed by atoms with Crippen molar-refractivity contribution in [3.8, 4) is 11.4 Å². The third kappa shape index (κ3) is 3.20. The van der Waals surface area contributed by atoms with Gasteiger partial charge in [-0.3, -0.25) is 4.79 Å². The van der Waals surface area contributed by atoms with Crippen LogP contribution in [0.5, 0.6) is 0 Å². The second-order valence-electron chi connectivity index (χ2n) is 8.87. The van der Waals surface area contributed by atoms with Crippen LogP contribution in [-0.2, 0) is 28.3 Å². The smallest absolute Gasteiger partial charge is 0.343 e. The number of carbonyl (C=O) groups excluding carboxylic acids is 1. The molecule has 0 radical (unpaired) electrons. The lowest BCUT2D eigenvalue weighted by molar-refractivity contribution is -0.172. The highest BCUT2D eigenvalue weighted by atomic mass is 19.1. The molecule has 2 aromatic heterocycles. The van der Waals surface area contributed by atoms with E-state index in [-0.39, 0.29) is 35.5 Å². The number of pyridine rings is 2. The Morgan fingerprint density at radius 3 is 2.82 bits per heavy atom. The molecular weight excluding hydrogens is 437 g/mol. The van der Waals surface area contributed by atoms with Gasteiger partial charge in [0.2, 0.25) is 0 Å². The van der Waals surface area contributed by atoms with E-state index in [1.54, 1.807) is 30.5 Å². The van der Waals surface area contributed by atoms with Gasteiger partial charge in [0.25, 0.3) is 5.56 Å². The number of nitrogens with one attached hydrogen (secondary N) is 1. The van der Waals surface area contributed by atoms with Gasteiger partial charge >= 0.3 is 5.97 Å². The van der Waals surface area contributed by atoms with Gasteiger partial charge in [0.05, 0.1) is 29.0 Å². The Hall–Kier alpha value is -3.36. The fraction of sp³-hybridized carbons (Fsp3) is 0.346. The lowest BCUT2D eigenvalue weighted by atomic mass is 9.86. The van der Waals surface area contributed by atoms with Crippen molar-refractivity contribution < 1.29 is 19.0 Å². The van der Waals surface area contributed by atoms with Crippen LogP contribution in [0.1, 0.15) is 47.6 Å². The first-order chi connectivity index (χ1) is 16.3. The lowest BCUT2D eigenvalue weighted by Crippen LogP contribution is -2.44. The molecule has 1 atom stereocenters. The minimum absolute atomic E-state index is 0.0731. The summed E-state index contributed by atoms with van der Waals surface area (Å²) in [6.07, 6.45) is 4.93. The molecule has 2 N–H and O–H groups in total. The van der Waals surface area contributed by atoms with Gasteiger partial charge in [0.1, 0.15) is 12.4 Å². The van der Waals surface area contributed by atoms with Crippen LogP contribution in [0.15, 0.2) is 29.1 Å². The first-order valence-electron chi connectivity index (χ1n) is 11.4. The summed E-state index contributed by atoms with van der Waals surface area (Å²) >= 11 is 0. The Kier molecular flexibility index (Phi) is 5.37. The minimum atomic E-state index is -1.89. The molecule has 34 heavy (non-hydrogen) atoms. The third-order valence-electron chi connectivity index (χ3n) is 6.86. The van der Waals surface area contributed by atoms with Crippen LogP contribution < -0.4 is 10.9 Å². The number of benzene rings is 1. The second-order valence-corrected chi connectivity index (χ2v) is 8.87. The number of ether oxygens (including phenoxy) is 1.